The summed E-state index contributed by atoms with van der Waals surface area (Å²) >= 11 is 1.61. The molecular formula is C9H10N2OS. The molecule has 2 rings (SSSR count). The van der Waals surface area contributed by atoms with Crippen LogP contribution in [0.2, 0.25) is 0 Å². The van der Waals surface area contributed by atoms with Gasteiger partial charge in [-0.1, -0.05) is 6.07 Å². The van der Waals surface area contributed by atoms with Gasteiger partial charge in [0.05, 0.1) is 18.5 Å². The lowest BCUT2D eigenvalue weighted by Crippen LogP contribution is -1.88. The highest BCUT2D eigenvalue weighted by atomic mass is 32.2. The normalized spacial score (nSPS) is 10.9. The minimum absolute atomic E-state index is 0.0684. The number of fused-ring (bicyclic) bond motifs is 1. The molecule has 4 heteroatoms. The first-order valence-corrected chi connectivity index (χ1v) is 5.19. The Morgan fingerprint density at radius 1 is 1.54 bits per heavy atom. The Morgan fingerprint density at radius 3 is 3.08 bits per heavy atom. The van der Waals surface area contributed by atoms with E-state index < -0.39 is 0 Å². The van der Waals surface area contributed by atoms with Gasteiger partial charge in [0.1, 0.15) is 5.52 Å². The third-order valence-electron chi connectivity index (χ3n) is 2.00. The van der Waals surface area contributed by atoms with Crippen molar-refractivity contribution in [2.45, 2.75) is 11.5 Å². The fraction of sp³-hybridized carbons (Fsp3) is 0.222. The molecule has 2 aromatic rings. The smallest absolute Gasteiger partial charge is 0.102 e. The molecule has 1 aromatic carbocycles. The Morgan fingerprint density at radius 2 is 2.38 bits per heavy atom. The van der Waals surface area contributed by atoms with E-state index in [0.29, 0.717) is 0 Å². The zero-order chi connectivity index (χ0) is 9.26. The number of nitrogens with one attached hydrogen (secondary N) is 1. The van der Waals surface area contributed by atoms with Crippen molar-refractivity contribution in [2.75, 3.05) is 6.26 Å². The number of aliphatic hydroxyl groups is 1. The van der Waals surface area contributed by atoms with Crippen LogP contribution in [0.1, 0.15) is 5.56 Å². The molecule has 0 saturated heterocycles. The van der Waals surface area contributed by atoms with Crippen LogP contribution in [-0.2, 0) is 6.61 Å². The number of hydrogen-bond acceptors (Lipinski definition) is 3. The Labute approximate surface area is 80.2 Å². The highest BCUT2D eigenvalue weighted by Crippen LogP contribution is 2.27. The summed E-state index contributed by atoms with van der Waals surface area (Å²) < 4.78 is 0. The predicted molar refractivity (Wildman–Crippen MR) is 53.8 cm³/mol. The van der Waals surface area contributed by atoms with E-state index in [1.54, 1.807) is 18.1 Å². The van der Waals surface area contributed by atoms with Gasteiger partial charge in [-0.3, -0.25) is 0 Å². The lowest BCUT2D eigenvalue weighted by Gasteiger charge is -2.04. The molecule has 0 atom stereocenters. The summed E-state index contributed by atoms with van der Waals surface area (Å²) in [6.07, 6.45) is 3.66. The van der Waals surface area contributed by atoms with E-state index in [9.17, 15) is 0 Å². The number of hydrogen-bond donors (Lipinski definition) is 2. The quantitative estimate of drug-likeness (QED) is 0.716. The van der Waals surface area contributed by atoms with Crippen molar-refractivity contribution < 1.29 is 5.11 Å². The average Bonchev–Trinajstić information content (AvgIpc) is 2.63. The van der Waals surface area contributed by atoms with E-state index in [1.807, 2.05) is 18.4 Å². The molecule has 0 saturated carbocycles. The Bertz CT molecular complexity index is 424. The number of aromatic amines is 1. The van der Waals surface area contributed by atoms with Crippen LogP contribution in [-0.4, -0.2) is 21.3 Å². The van der Waals surface area contributed by atoms with Crippen LogP contribution in [0.3, 0.4) is 0 Å². The number of benzene rings is 1. The van der Waals surface area contributed by atoms with E-state index in [2.05, 4.69) is 9.97 Å². The summed E-state index contributed by atoms with van der Waals surface area (Å²) in [5.41, 5.74) is 2.90. The van der Waals surface area contributed by atoms with Gasteiger partial charge in [-0.2, -0.15) is 0 Å². The van der Waals surface area contributed by atoms with Crippen LogP contribution in [0.5, 0.6) is 0 Å². The predicted octanol–water partition coefficient (Wildman–Crippen LogP) is 1.78. The van der Waals surface area contributed by atoms with Crippen LogP contribution >= 0.6 is 11.8 Å². The molecular weight excluding hydrogens is 184 g/mol. The number of nitrogens with zero attached hydrogens (tertiary/aromatic N) is 1. The highest BCUT2D eigenvalue weighted by Gasteiger charge is 2.07. The number of aromatic nitrogens is 2. The molecule has 0 fully saturated rings. The SMILES string of the molecule is CSc1c(CO)ccc2[nH]cnc12. The van der Waals surface area contributed by atoms with Gasteiger partial charge in [-0.25, -0.2) is 4.98 Å². The number of H-pyrrole nitrogens is 1. The maximum absolute atomic E-state index is 9.10. The maximum atomic E-state index is 9.10. The number of aliphatic hydroxyl groups excluding tert-OH is 1. The number of thioether (sulfide) groups is 1. The van der Waals surface area contributed by atoms with Gasteiger partial charge in [0.2, 0.25) is 0 Å². The van der Waals surface area contributed by atoms with E-state index in [0.717, 1.165) is 21.5 Å². The highest BCUT2D eigenvalue weighted by molar-refractivity contribution is 7.98. The van der Waals surface area contributed by atoms with Crippen molar-refractivity contribution >= 4 is 22.8 Å². The van der Waals surface area contributed by atoms with Crippen LogP contribution in [0.4, 0.5) is 0 Å². The van der Waals surface area contributed by atoms with Gasteiger partial charge in [0.15, 0.2) is 0 Å². The third kappa shape index (κ3) is 1.32. The van der Waals surface area contributed by atoms with Gasteiger partial charge in [0, 0.05) is 4.90 Å². The minimum Gasteiger partial charge on any atom is -0.392 e. The van der Waals surface area contributed by atoms with Gasteiger partial charge in [-0.05, 0) is 17.9 Å². The van der Waals surface area contributed by atoms with Gasteiger partial charge < -0.3 is 10.1 Å². The fourth-order valence-corrected chi connectivity index (χ4v) is 2.13. The molecule has 0 aliphatic heterocycles. The van der Waals surface area contributed by atoms with Crippen molar-refractivity contribution in [1.82, 2.24) is 9.97 Å². The van der Waals surface area contributed by atoms with Crippen molar-refractivity contribution in [3.63, 3.8) is 0 Å². The summed E-state index contributed by atoms with van der Waals surface area (Å²) in [5, 5.41) is 9.10. The zero-order valence-electron chi connectivity index (χ0n) is 7.24. The van der Waals surface area contributed by atoms with Crippen LogP contribution < -0.4 is 0 Å². The van der Waals surface area contributed by atoms with Crippen molar-refractivity contribution in [1.29, 1.82) is 0 Å². The molecule has 1 heterocycles. The molecule has 0 unspecified atom stereocenters. The average molecular weight is 194 g/mol. The first-order chi connectivity index (χ1) is 6.36. The lowest BCUT2D eigenvalue weighted by molar-refractivity contribution is 0.279. The molecule has 0 aliphatic carbocycles. The molecule has 2 N–H and O–H groups in total. The van der Waals surface area contributed by atoms with Crippen LogP contribution in [0.25, 0.3) is 11.0 Å². The number of rotatable bonds is 2. The molecule has 0 amide bonds. The molecule has 0 spiro atoms. The summed E-state index contributed by atoms with van der Waals surface area (Å²) in [5.74, 6) is 0. The zero-order valence-corrected chi connectivity index (χ0v) is 8.06. The molecule has 3 nitrogen and oxygen atoms in total. The fourth-order valence-electron chi connectivity index (χ4n) is 1.38. The standard InChI is InChI=1S/C9H10N2OS/c1-13-9-6(4-12)2-3-7-8(9)11-5-10-7/h2-3,5,12H,4H2,1H3,(H,10,11). The van der Waals surface area contributed by atoms with Gasteiger partial charge in [0.25, 0.3) is 0 Å². The molecule has 13 heavy (non-hydrogen) atoms. The first-order valence-electron chi connectivity index (χ1n) is 3.96. The summed E-state index contributed by atoms with van der Waals surface area (Å²) in [7, 11) is 0. The van der Waals surface area contributed by atoms with E-state index in [1.165, 1.54) is 0 Å². The second-order valence-corrected chi connectivity index (χ2v) is 3.53. The lowest BCUT2D eigenvalue weighted by atomic mass is 10.2. The Hall–Kier alpha value is -1.00. The van der Waals surface area contributed by atoms with Gasteiger partial charge in [-0.15, -0.1) is 11.8 Å². The second-order valence-electron chi connectivity index (χ2n) is 2.71. The van der Waals surface area contributed by atoms with Crippen LogP contribution in [0.15, 0.2) is 23.4 Å². The number of imidazole rings is 1. The Kier molecular flexibility index (Phi) is 2.24. The summed E-state index contributed by atoms with van der Waals surface area (Å²) in [4.78, 5) is 8.31. The molecule has 1 aromatic heterocycles. The molecule has 0 aliphatic rings. The molecule has 0 bridgehead atoms. The van der Waals surface area contributed by atoms with E-state index in [4.69, 9.17) is 5.11 Å². The van der Waals surface area contributed by atoms with Crippen molar-refractivity contribution in [2.24, 2.45) is 0 Å². The maximum Gasteiger partial charge on any atom is 0.102 e. The minimum atomic E-state index is 0.0684. The summed E-state index contributed by atoms with van der Waals surface area (Å²) in [6.45, 7) is 0.0684. The van der Waals surface area contributed by atoms with Crippen molar-refractivity contribution in [3.05, 3.63) is 24.0 Å². The molecule has 68 valence electrons. The van der Waals surface area contributed by atoms with Gasteiger partial charge >= 0.3 is 0 Å². The van der Waals surface area contributed by atoms with E-state index >= 15 is 0 Å². The Balaban J connectivity index is 2.74. The third-order valence-corrected chi connectivity index (χ3v) is 2.86. The van der Waals surface area contributed by atoms with Crippen LogP contribution in [0, 0.1) is 0 Å². The van der Waals surface area contributed by atoms with Crippen molar-refractivity contribution in [3.8, 4) is 0 Å². The largest absolute Gasteiger partial charge is 0.392 e. The second kappa shape index (κ2) is 3.40. The molecule has 0 radical (unpaired) electrons. The first kappa shape index (κ1) is 8.59. The topological polar surface area (TPSA) is 48.9 Å². The monoisotopic (exact) mass is 194 g/mol. The summed E-state index contributed by atoms with van der Waals surface area (Å²) in [6, 6.07) is 3.86. The van der Waals surface area contributed by atoms with E-state index in [-0.39, 0.29) is 6.61 Å².